The van der Waals surface area contributed by atoms with Gasteiger partial charge in [0.25, 0.3) is 5.91 Å². The standard InChI is InChI=1S/C12H17ClN4O/c1-8(14)10-4-2-3-5-17(10)12(18)11-9(13)6-15-7-16-11/h6-8,10H,2-5,14H2,1H3/t8-,10-/m0/s1. The minimum Gasteiger partial charge on any atom is -0.333 e. The molecule has 2 N–H and O–H groups in total. The first-order chi connectivity index (χ1) is 8.61. The van der Waals surface area contributed by atoms with E-state index < -0.39 is 0 Å². The molecule has 1 amide bonds. The molecule has 2 rings (SSSR count). The summed E-state index contributed by atoms with van der Waals surface area (Å²) in [6, 6.07) is 0.0205. The first kappa shape index (κ1) is 13.2. The second kappa shape index (κ2) is 5.63. The zero-order valence-electron chi connectivity index (χ0n) is 10.3. The van der Waals surface area contributed by atoms with Gasteiger partial charge in [-0.2, -0.15) is 0 Å². The van der Waals surface area contributed by atoms with E-state index in [1.54, 1.807) is 4.90 Å². The molecule has 0 bridgehead atoms. The fourth-order valence-corrected chi connectivity index (χ4v) is 2.55. The summed E-state index contributed by atoms with van der Waals surface area (Å²) in [6.45, 7) is 2.64. The van der Waals surface area contributed by atoms with E-state index in [-0.39, 0.29) is 28.7 Å². The van der Waals surface area contributed by atoms with Crippen molar-refractivity contribution in [1.29, 1.82) is 0 Å². The van der Waals surface area contributed by atoms with Crippen molar-refractivity contribution in [2.75, 3.05) is 6.54 Å². The summed E-state index contributed by atoms with van der Waals surface area (Å²) in [4.78, 5) is 22.0. The molecule has 5 nitrogen and oxygen atoms in total. The van der Waals surface area contributed by atoms with Crippen molar-refractivity contribution in [2.45, 2.75) is 38.3 Å². The second-order valence-corrected chi connectivity index (χ2v) is 5.05. The van der Waals surface area contributed by atoms with Crippen molar-refractivity contribution >= 4 is 17.5 Å². The van der Waals surface area contributed by atoms with Crippen molar-refractivity contribution in [1.82, 2.24) is 14.9 Å². The van der Waals surface area contributed by atoms with Gasteiger partial charge in [-0.15, -0.1) is 0 Å². The SMILES string of the molecule is C[C@H](N)[C@@H]1CCCCN1C(=O)c1ncncc1Cl. The van der Waals surface area contributed by atoms with Gasteiger partial charge >= 0.3 is 0 Å². The number of carbonyl (C=O) groups is 1. The van der Waals surface area contributed by atoms with Gasteiger partial charge in [-0.3, -0.25) is 4.79 Å². The highest BCUT2D eigenvalue weighted by molar-refractivity contribution is 6.33. The fourth-order valence-electron chi connectivity index (χ4n) is 2.36. The van der Waals surface area contributed by atoms with Crippen molar-refractivity contribution in [2.24, 2.45) is 5.73 Å². The van der Waals surface area contributed by atoms with Crippen LogP contribution in [-0.4, -0.2) is 39.4 Å². The molecule has 0 unspecified atom stereocenters. The monoisotopic (exact) mass is 268 g/mol. The highest BCUT2D eigenvalue weighted by atomic mass is 35.5. The Morgan fingerprint density at radius 3 is 3.06 bits per heavy atom. The molecule has 1 fully saturated rings. The Bertz CT molecular complexity index is 438. The quantitative estimate of drug-likeness (QED) is 0.882. The molecule has 1 saturated heterocycles. The number of rotatable bonds is 2. The number of nitrogens with zero attached hydrogens (tertiary/aromatic N) is 3. The lowest BCUT2D eigenvalue weighted by Gasteiger charge is -2.37. The summed E-state index contributed by atoms with van der Waals surface area (Å²) in [5.74, 6) is -0.149. The van der Waals surface area contributed by atoms with E-state index in [9.17, 15) is 4.79 Å². The van der Waals surface area contributed by atoms with Crippen LogP contribution in [0.2, 0.25) is 5.02 Å². The van der Waals surface area contributed by atoms with Gasteiger partial charge in [0.05, 0.1) is 5.02 Å². The van der Waals surface area contributed by atoms with E-state index >= 15 is 0 Å². The topological polar surface area (TPSA) is 72.1 Å². The lowest BCUT2D eigenvalue weighted by Crippen LogP contribution is -2.51. The van der Waals surface area contributed by atoms with Crippen molar-refractivity contribution in [3.63, 3.8) is 0 Å². The third-order valence-electron chi connectivity index (χ3n) is 3.29. The number of nitrogens with two attached hydrogens (primary N) is 1. The van der Waals surface area contributed by atoms with Crippen LogP contribution in [0.15, 0.2) is 12.5 Å². The first-order valence-corrected chi connectivity index (χ1v) is 6.51. The van der Waals surface area contributed by atoms with E-state index in [1.165, 1.54) is 12.5 Å². The molecule has 98 valence electrons. The third kappa shape index (κ3) is 2.62. The van der Waals surface area contributed by atoms with Crippen LogP contribution in [0.3, 0.4) is 0 Å². The first-order valence-electron chi connectivity index (χ1n) is 6.13. The van der Waals surface area contributed by atoms with Gasteiger partial charge in [0.15, 0.2) is 0 Å². The Kier molecular flexibility index (Phi) is 4.14. The van der Waals surface area contributed by atoms with Gasteiger partial charge in [-0.1, -0.05) is 11.6 Å². The minimum atomic E-state index is -0.149. The zero-order valence-corrected chi connectivity index (χ0v) is 11.1. The highest BCUT2D eigenvalue weighted by Gasteiger charge is 2.31. The maximum atomic E-state index is 12.4. The zero-order chi connectivity index (χ0) is 13.1. The summed E-state index contributed by atoms with van der Waals surface area (Å²) in [7, 11) is 0. The van der Waals surface area contributed by atoms with Crippen molar-refractivity contribution in [3.8, 4) is 0 Å². The Morgan fingerprint density at radius 1 is 1.61 bits per heavy atom. The van der Waals surface area contributed by atoms with Gasteiger partial charge in [0.2, 0.25) is 0 Å². The maximum absolute atomic E-state index is 12.4. The molecule has 0 aromatic carbocycles. The number of halogens is 1. The minimum absolute atomic E-state index is 0.0464. The molecule has 1 aromatic rings. The Balaban J connectivity index is 2.24. The summed E-state index contributed by atoms with van der Waals surface area (Å²) < 4.78 is 0. The normalized spacial score (nSPS) is 21.7. The molecule has 2 heterocycles. The number of amides is 1. The van der Waals surface area contributed by atoms with Crippen molar-refractivity contribution < 1.29 is 4.79 Å². The van der Waals surface area contributed by atoms with Crippen LogP contribution in [0.25, 0.3) is 0 Å². The smallest absolute Gasteiger partial charge is 0.274 e. The number of hydrogen-bond acceptors (Lipinski definition) is 4. The summed E-state index contributed by atoms with van der Waals surface area (Å²) in [6.07, 6.45) is 5.81. The van der Waals surface area contributed by atoms with Crippen LogP contribution in [0.5, 0.6) is 0 Å². The van der Waals surface area contributed by atoms with E-state index in [4.69, 9.17) is 17.3 Å². The van der Waals surface area contributed by atoms with E-state index in [2.05, 4.69) is 9.97 Å². The predicted octanol–water partition coefficient (Wildman–Crippen LogP) is 1.47. The molecular formula is C12H17ClN4O. The number of carbonyl (C=O) groups excluding carboxylic acids is 1. The molecule has 0 saturated carbocycles. The van der Waals surface area contributed by atoms with E-state index in [0.29, 0.717) is 6.54 Å². The van der Waals surface area contributed by atoms with Gasteiger partial charge < -0.3 is 10.6 Å². The Hall–Kier alpha value is -1.20. The molecule has 0 radical (unpaired) electrons. The van der Waals surface area contributed by atoms with Gasteiger partial charge in [-0.05, 0) is 26.2 Å². The fraction of sp³-hybridized carbons (Fsp3) is 0.583. The lowest BCUT2D eigenvalue weighted by atomic mass is 9.96. The van der Waals surface area contributed by atoms with Crippen molar-refractivity contribution in [3.05, 3.63) is 23.2 Å². The Morgan fingerprint density at radius 2 is 2.39 bits per heavy atom. The number of piperidine rings is 1. The van der Waals surface area contributed by atoms with Gasteiger partial charge in [0, 0.05) is 24.8 Å². The van der Waals surface area contributed by atoms with E-state index in [0.717, 1.165) is 19.3 Å². The molecule has 1 aliphatic rings. The predicted molar refractivity (Wildman–Crippen MR) is 69.4 cm³/mol. The molecular weight excluding hydrogens is 252 g/mol. The molecule has 1 aromatic heterocycles. The average Bonchev–Trinajstić information content (AvgIpc) is 2.38. The van der Waals surface area contributed by atoms with E-state index in [1.807, 2.05) is 6.92 Å². The number of aromatic nitrogens is 2. The Labute approximate surface area is 111 Å². The number of hydrogen-bond donors (Lipinski definition) is 1. The largest absolute Gasteiger partial charge is 0.333 e. The summed E-state index contributed by atoms with van der Waals surface area (Å²) in [5.41, 5.74) is 6.21. The van der Waals surface area contributed by atoms with Crippen LogP contribution < -0.4 is 5.73 Å². The molecule has 0 aliphatic carbocycles. The van der Waals surface area contributed by atoms with Crippen LogP contribution >= 0.6 is 11.6 Å². The number of likely N-dealkylation sites (tertiary alicyclic amines) is 1. The summed E-state index contributed by atoms with van der Waals surface area (Å²) in [5, 5.41) is 0.288. The van der Waals surface area contributed by atoms with Gasteiger partial charge in [-0.25, -0.2) is 9.97 Å². The molecule has 6 heteroatoms. The maximum Gasteiger partial charge on any atom is 0.274 e. The van der Waals surface area contributed by atoms with Gasteiger partial charge in [0.1, 0.15) is 12.0 Å². The van der Waals surface area contributed by atoms with Crippen LogP contribution in [0.1, 0.15) is 36.7 Å². The molecule has 1 aliphatic heterocycles. The molecule has 2 atom stereocenters. The molecule has 0 spiro atoms. The van der Waals surface area contributed by atoms with Crippen LogP contribution in [0.4, 0.5) is 0 Å². The highest BCUT2D eigenvalue weighted by Crippen LogP contribution is 2.22. The third-order valence-corrected chi connectivity index (χ3v) is 3.56. The lowest BCUT2D eigenvalue weighted by molar-refractivity contribution is 0.0577. The second-order valence-electron chi connectivity index (χ2n) is 4.64. The molecule has 18 heavy (non-hydrogen) atoms. The van der Waals surface area contributed by atoms with Crippen LogP contribution in [0, 0.1) is 0 Å². The van der Waals surface area contributed by atoms with Crippen LogP contribution in [-0.2, 0) is 0 Å². The average molecular weight is 269 g/mol. The summed E-state index contributed by atoms with van der Waals surface area (Å²) >= 11 is 5.96.